The molecule has 0 saturated carbocycles. The molecule has 0 radical (unpaired) electrons. The molecule has 5 heteroatoms. The Morgan fingerprint density at radius 1 is 1.41 bits per heavy atom. The quantitative estimate of drug-likeness (QED) is 0.896. The average molecular weight is 259 g/mol. The van der Waals surface area contributed by atoms with Crippen LogP contribution in [0.3, 0.4) is 0 Å². The van der Waals surface area contributed by atoms with Crippen molar-refractivity contribution in [1.29, 1.82) is 0 Å². The lowest BCUT2D eigenvalue weighted by Gasteiger charge is -2.27. The van der Waals surface area contributed by atoms with Crippen LogP contribution >= 0.6 is 11.6 Å². The van der Waals surface area contributed by atoms with Crippen molar-refractivity contribution in [3.63, 3.8) is 0 Å². The number of rotatable bonds is 3. The number of nitrogens with one attached hydrogen (secondary N) is 1. The van der Waals surface area contributed by atoms with Crippen molar-refractivity contribution in [3.8, 4) is 5.75 Å². The van der Waals surface area contributed by atoms with Crippen molar-refractivity contribution in [2.45, 2.75) is 6.54 Å². The maximum absolute atomic E-state index is 13.5. The molecule has 0 bridgehead atoms. The Labute approximate surface area is 106 Å². The molecule has 0 unspecified atom stereocenters. The Kier molecular flexibility index (Phi) is 4.20. The molecule has 2 rings (SSSR count). The van der Waals surface area contributed by atoms with Crippen LogP contribution in [0.2, 0.25) is 5.02 Å². The van der Waals surface area contributed by atoms with E-state index in [4.69, 9.17) is 16.3 Å². The predicted molar refractivity (Wildman–Crippen MR) is 66.1 cm³/mol. The van der Waals surface area contributed by atoms with Gasteiger partial charge in [0.1, 0.15) is 16.6 Å². The fourth-order valence-electron chi connectivity index (χ4n) is 1.98. The molecular weight excluding hydrogens is 243 g/mol. The van der Waals surface area contributed by atoms with E-state index in [-0.39, 0.29) is 5.02 Å². The van der Waals surface area contributed by atoms with Gasteiger partial charge in [0.15, 0.2) is 0 Å². The number of hydrogen-bond donors (Lipinski definition) is 1. The monoisotopic (exact) mass is 258 g/mol. The van der Waals surface area contributed by atoms with Crippen LogP contribution in [0.25, 0.3) is 0 Å². The van der Waals surface area contributed by atoms with E-state index in [1.165, 1.54) is 13.2 Å². The number of hydrogen-bond acceptors (Lipinski definition) is 3. The molecule has 1 fully saturated rings. The summed E-state index contributed by atoms with van der Waals surface area (Å²) in [7, 11) is 1.50. The zero-order valence-electron chi connectivity index (χ0n) is 9.80. The second-order valence-corrected chi connectivity index (χ2v) is 4.50. The van der Waals surface area contributed by atoms with E-state index >= 15 is 0 Å². The van der Waals surface area contributed by atoms with Crippen molar-refractivity contribution in [2.24, 2.45) is 0 Å². The van der Waals surface area contributed by atoms with Crippen LogP contribution in [0.5, 0.6) is 5.75 Å². The first-order chi connectivity index (χ1) is 8.20. The molecule has 17 heavy (non-hydrogen) atoms. The fraction of sp³-hybridized carbons (Fsp3) is 0.500. The van der Waals surface area contributed by atoms with Crippen LogP contribution in [0, 0.1) is 5.82 Å². The van der Waals surface area contributed by atoms with E-state index in [0.717, 1.165) is 38.3 Å². The van der Waals surface area contributed by atoms with Gasteiger partial charge in [-0.1, -0.05) is 11.6 Å². The number of benzene rings is 1. The van der Waals surface area contributed by atoms with E-state index in [2.05, 4.69) is 10.2 Å². The van der Waals surface area contributed by atoms with Crippen molar-refractivity contribution >= 4 is 11.6 Å². The van der Waals surface area contributed by atoms with E-state index in [1.807, 2.05) is 0 Å². The van der Waals surface area contributed by atoms with Gasteiger partial charge in [-0.15, -0.1) is 0 Å². The highest BCUT2D eigenvalue weighted by atomic mass is 35.5. The summed E-state index contributed by atoms with van der Waals surface area (Å²) in [6.45, 7) is 4.64. The number of methoxy groups -OCH3 is 1. The zero-order valence-corrected chi connectivity index (χ0v) is 10.6. The minimum absolute atomic E-state index is 0.0524. The molecule has 1 N–H and O–H groups in total. The van der Waals surface area contributed by atoms with Crippen LogP contribution in [0.1, 0.15) is 5.56 Å². The topological polar surface area (TPSA) is 24.5 Å². The Hall–Kier alpha value is -0.840. The van der Waals surface area contributed by atoms with Gasteiger partial charge in [0.25, 0.3) is 0 Å². The third kappa shape index (κ3) is 3.09. The minimum atomic E-state index is -0.420. The smallest absolute Gasteiger partial charge is 0.145 e. The highest BCUT2D eigenvalue weighted by Crippen LogP contribution is 2.29. The highest BCUT2D eigenvalue weighted by Gasteiger charge is 2.13. The molecule has 1 aliphatic heterocycles. The first-order valence-corrected chi connectivity index (χ1v) is 6.03. The Morgan fingerprint density at radius 3 is 2.76 bits per heavy atom. The lowest BCUT2D eigenvalue weighted by Crippen LogP contribution is -2.42. The highest BCUT2D eigenvalue weighted by molar-refractivity contribution is 6.32. The Bertz CT molecular complexity index is 394. The van der Waals surface area contributed by atoms with Gasteiger partial charge in [0.05, 0.1) is 7.11 Å². The summed E-state index contributed by atoms with van der Waals surface area (Å²) in [6.07, 6.45) is 0. The maximum Gasteiger partial charge on any atom is 0.145 e. The van der Waals surface area contributed by atoms with Gasteiger partial charge < -0.3 is 10.1 Å². The summed E-state index contributed by atoms with van der Waals surface area (Å²) in [5, 5.41) is 3.33. The number of ether oxygens (including phenoxy) is 1. The van der Waals surface area contributed by atoms with Crippen LogP contribution in [-0.2, 0) is 6.54 Å². The average Bonchev–Trinajstić information content (AvgIpc) is 2.35. The van der Waals surface area contributed by atoms with Crippen LogP contribution < -0.4 is 10.1 Å². The van der Waals surface area contributed by atoms with E-state index in [9.17, 15) is 4.39 Å². The van der Waals surface area contributed by atoms with Gasteiger partial charge in [0.2, 0.25) is 0 Å². The molecule has 1 aliphatic rings. The molecule has 0 aliphatic carbocycles. The Morgan fingerprint density at radius 2 is 2.12 bits per heavy atom. The summed E-state index contributed by atoms with van der Waals surface area (Å²) < 4.78 is 18.6. The van der Waals surface area contributed by atoms with Crippen LogP contribution in [0.15, 0.2) is 12.1 Å². The molecule has 0 amide bonds. The molecule has 1 heterocycles. The summed E-state index contributed by atoms with van der Waals surface area (Å²) in [5.41, 5.74) is 0.894. The maximum atomic E-state index is 13.5. The van der Waals surface area contributed by atoms with Crippen molar-refractivity contribution in [2.75, 3.05) is 33.3 Å². The second kappa shape index (κ2) is 5.67. The van der Waals surface area contributed by atoms with Gasteiger partial charge >= 0.3 is 0 Å². The standard InChI is InChI=1S/C12H16ClFN2O/c1-17-11-7-9(6-10(14)12(11)13)8-16-4-2-15-3-5-16/h6-7,15H,2-5,8H2,1H3. The van der Waals surface area contributed by atoms with Gasteiger partial charge in [-0.25, -0.2) is 4.39 Å². The Balaban J connectivity index is 2.12. The molecule has 1 aromatic rings. The van der Waals surface area contributed by atoms with Gasteiger partial charge in [0, 0.05) is 32.7 Å². The summed E-state index contributed by atoms with van der Waals surface area (Å²) in [5.74, 6) is -0.0204. The first-order valence-electron chi connectivity index (χ1n) is 5.65. The van der Waals surface area contributed by atoms with E-state index in [0.29, 0.717) is 5.75 Å². The molecule has 1 saturated heterocycles. The van der Waals surface area contributed by atoms with Gasteiger partial charge in [-0.05, 0) is 17.7 Å². The number of nitrogens with zero attached hydrogens (tertiary/aromatic N) is 1. The van der Waals surface area contributed by atoms with Crippen molar-refractivity contribution < 1.29 is 9.13 Å². The van der Waals surface area contributed by atoms with Gasteiger partial charge in [-0.2, -0.15) is 0 Å². The van der Waals surface area contributed by atoms with Gasteiger partial charge in [-0.3, -0.25) is 4.90 Å². The van der Waals surface area contributed by atoms with Crippen molar-refractivity contribution in [1.82, 2.24) is 10.2 Å². The van der Waals surface area contributed by atoms with E-state index < -0.39 is 5.82 Å². The first kappa shape index (κ1) is 12.6. The van der Waals surface area contributed by atoms with Crippen LogP contribution in [0.4, 0.5) is 4.39 Å². The predicted octanol–water partition coefficient (Wildman–Crippen LogP) is 1.89. The van der Waals surface area contributed by atoms with Crippen LogP contribution in [-0.4, -0.2) is 38.2 Å². The lowest BCUT2D eigenvalue weighted by atomic mass is 10.2. The molecular formula is C12H16ClFN2O. The normalized spacial score (nSPS) is 17.1. The molecule has 1 aromatic carbocycles. The fourth-order valence-corrected chi connectivity index (χ4v) is 2.17. The molecule has 94 valence electrons. The van der Waals surface area contributed by atoms with Crippen molar-refractivity contribution in [3.05, 3.63) is 28.5 Å². The molecule has 3 nitrogen and oxygen atoms in total. The number of piperazine rings is 1. The summed E-state index contributed by atoms with van der Waals surface area (Å²) in [4.78, 5) is 2.28. The largest absolute Gasteiger partial charge is 0.495 e. The lowest BCUT2D eigenvalue weighted by molar-refractivity contribution is 0.232. The SMILES string of the molecule is COc1cc(CN2CCNCC2)cc(F)c1Cl. The summed E-state index contributed by atoms with van der Waals surface area (Å²) >= 11 is 5.78. The molecule has 0 atom stereocenters. The second-order valence-electron chi connectivity index (χ2n) is 4.12. The van der Waals surface area contributed by atoms with E-state index in [1.54, 1.807) is 6.07 Å². The number of halogens is 2. The zero-order chi connectivity index (χ0) is 12.3. The minimum Gasteiger partial charge on any atom is -0.495 e. The summed E-state index contributed by atoms with van der Waals surface area (Å²) in [6, 6.07) is 3.28. The third-order valence-corrected chi connectivity index (χ3v) is 3.26. The molecule has 0 aromatic heterocycles. The molecule has 0 spiro atoms. The third-order valence-electron chi connectivity index (χ3n) is 2.89.